The highest BCUT2D eigenvalue weighted by atomic mass is 16.6. The van der Waals surface area contributed by atoms with Crippen LogP contribution in [0.25, 0.3) is 0 Å². The third-order valence-corrected chi connectivity index (χ3v) is 5.10. The van der Waals surface area contributed by atoms with Crippen molar-refractivity contribution in [3.05, 3.63) is 53.6 Å². The maximum Gasteiger partial charge on any atom is 0.340 e. The molecule has 150 valence electrons. The first-order chi connectivity index (χ1) is 14.0. The molecule has 0 aliphatic carbocycles. The lowest BCUT2D eigenvalue weighted by molar-refractivity contribution is -0.144. The summed E-state index contributed by atoms with van der Waals surface area (Å²) in [7, 11) is 3.03. The summed E-state index contributed by atoms with van der Waals surface area (Å²) in [5.41, 5.74) is 1.48. The molecule has 0 spiro atoms. The van der Waals surface area contributed by atoms with Crippen LogP contribution < -0.4 is 14.8 Å². The molecule has 0 radical (unpaired) electrons. The molecule has 2 aliphatic rings. The highest BCUT2D eigenvalue weighted by Gasteiger charge is 2.46. The lowest BCUT2D eigenvalue weighted by Gasteiger charge is -2.29. The van der Waals surface area contributed by atoms with Gasteiger partial charge in [-0.25, -0.2) is 4.79 Å². The van der Waals surface area contributed by atoms with Gasteiger partial charge in [0.25, 0.3) is 0 Å². The first-order valence-corrected chi connectivity index (χ1v) is 9.17. The number of cyclic esters (lactones) is 1. The van der Waals surface area contributed by atoms with Gasteiger partial charge in [-0.05, 0) is 12.5 Å². The Labute approximate surface area is 167 Å². The first-order valence-electron chi connectivity index (χ1n) is 9.17. The Morgan fingerprint density at radius 2 is 1.79 bits per heavy atom. The molecule has 8 nitrogen and oxygen atoms in total. The van der Waals surface area contributed by atoms with E-state index in [1.807, 2.05) is 0 Å². The zero-order chi connectivity index (χ0) is 20.5. The average Bonchev–Trinajstić information content (AvgIpc) is 3.27. The van der Waals surface area contributed by atoms with Crippen molar-refractivity contribution in [2.75, 3.05) is 19.5 Å². The van der Waals surface area contributed by atoms with Gasteiger partial charge in [-0.1, -0.05) is 18.2 Å². The molecule has 2 aliphatic heterocycles. The van der Waals surface area contributed by atoms with Gasteiger partial charge >= 0.3 is 5.97 Å². The van der Waals surface area contributed by atoms with Gasteiger partial charge in [0, 0.05) is 35.9 Å². The monoisotopic (exact) mass is 396 g/mol. The number of likely N-dealkylation sites (tertiary alicyclic amines) is 1. The quantitative estimate of drug-likeness (QED) is 0.781. The molecule has 2 amide bonds. The largest absolute Gasteiger partial charge is 0.497 e. The third kappa shape index (κ3) is 3.37. The van der Waals surface area contributed by atoms with Crippen molar-refractivity contribution in [1.82, 2.24) is 4.90 Å². The zero-order valence-corrected chi connectivity index (χ0v) is 16.0. The van der Waals surface area contributed by atoms with Gasteiger partial charge in [0.1, 0.15) is 17.5 Å². The summed E-state index contributed by atoms with van der Waals surface area (Å²) in [6.45, 7) is 0. The topological polar surface area (TPSA) is 94.2 Å². The minimum Gasteiger partial charge on any atom is -0.497 e. The summed E-state index contributed by atoms with van der Waals surface area (Å²) in [5.74, 6) is -0.0493. The molecule has 0 saturated carbocycles. The standard InChI is InChI=1S/C21H20N2O6/c1-27-13-9-12(10-14(11-13)28-2)22-19(25)17-7-8-18(24)23(17)20-15-5-3-4-6-16(15)21(26)29-20/h3-6,9-11,17,20H,7-8H2,1-2H3,(H,22,25)/t17-,20-/m0/s1. The lowest BCUT2D eigenvalue weighted by Crippen LogP contribution is -2.43. The second-order valence-corrected chi connectivity index (χ2v) is 6.79. The van der Waals surface area contributed by atoms with E-state index in [-0.39, 0.29) is 18.2 Å². The number of carbonyl (C=O) groups excluding carboxylic acids is 3. The lowest BCUT2D eigenvalue weighted by atomic mass is 10.1. The number of nitrogens with one attached hydrogen (secondary N) is 1. The van der Waals surface area contributed by atoms with Gasteiger partial charge in [0.15, 0.2) is 0 Å². The first kappa shape index (κ1) is 18.8. The molecule has 4 rings (SSSR count). The molecule has 0 bridgehead atoms. The molecule has 2 heterocycles. The summed E-state index contributed by atoms with van der Waals surface area (Å²) >= 11 is 0. The highest BCUT2D eigenvalue weighted by Crippen LogP contribution is 2.38. The summed E-state index contributed by atoms with van der Waals surface area (Å²) in [6, 6.07) is 11.1. The van der Waals surface area contributed by atoms with Crippen molar-refractivity contribution in [3.8, 4) is 11.5 Å². The third-order valence-electron chi connectivity index (χ3n) is 5.10. The number of esters is 1. The van der Waals surface area contributed by atoms with E-state index in [4.69, 9.17) is 14.2 Å². The van der Waals surface area contributed by atoms with E-state index in [9.17, 15) is 14.4 Å². The fourth-order valence-corrected chi connectivity index (χ4v) is 3.69. The number of amides is 2. The molecule has 0 aromatic heterocycles. The number of ether oxygens (including phenoxy) is 3. The minimum atomic E-state index is -0.899. The molecular weight excluding hydrogens is 376 g/mol. The van der Waals surface area contributed by atoms with Crippen molar-refractivity contribution in [1.29, 1.82) is 0 Å². The molecule has 2 aromatic rings. The van der Waals surface area contributed by atoms with Gasteiger partial charge < -0.3 is 19.5 Å². The van der Waals surface area contributed by atoms with Crippen LogP contribution in [-0.4, -0.2) is 42.9 Å². The summed E-state index contributed by atoms with van der Waals surface area (Å²) < 4.78 is 15.9. The van der Waals surface area contributed by atoms with Crippen LogP contribution in [0.15, 0.2) is 42.5 Å². The number of hydrogen-bond donors (Lipinski definition) is 1. The van der Waals surface area contributed by atoms with Crippen LogP contribution in [0.1, 0.15) is 35.0 Å². The Morgan fingerprint density at radius 3 is 2.48 bits per heavy atom. The van der Waals surface area contributed by atoms with Crippen molar-refractivity contribution in [3.63, 3.8) is 0 Å². The number of rotatable bonds is 5. The number of methoxy groups -OCH3 is 2. The fourth-order valence-electron chi connectivity index (χ4n) is 3.69. The van der Waals surface area contributed by atoms with E-state index in [0.717, 1.165) is 0 Å². The molecule has 1 N–H and O–H groups in total. The van der Waals surface area contributed by atoms with Crippen LogP contribution in [0.5, 0.6) is 11.5 Å². The van der Waals surface area contributed by atoms with Crippen molar-refractivity contribution >= 4 is 23.5 Å². The molecule has 29 heavy (non-hydrogen) atoms. The second-order valence-electron chi connectivity index (χ2n) is 6.79. The van der Waals surface area contributed by atoms with Crippen molar-refractivity contribution < 1.29 is 28.6 Å². The van der Waals surface area contributed by atoms with E-state index in [2.05, 4.69) is 5.32 Å². The van der Waals surface area contributed by atoms with E-state index in [0.29, 0.717) is 34.7 Å². The smallest absolute Gasteiger partial charge is 0.340 e. The van der Waals surface area contributed by atoms with Gasteiger partial charge in [-0.3, -0.25) is 14.5 Å². The van der Waals surface area contributed by atoms with Gasteiger partial charge in [0.05, 0.1) is 19.8 Å². The number of hydrogen-bond acceptors (Lipinski definition) is 6. The Hall–Kier alpha value is -3.55. The Bertz CT molecular complexity index is 967. The van der Waals surface area contributed by atoms with Gasteiger partial charge in [0.2, 0.25) is 18.0 Å². The van der Waals surface area contributed by atoms with Crippen LogP contribution in [0.4, 0.5) is 5.69 Å². The van der Waals surface area contributed by atoms with E-state index < -0.39 is 18.2 Å². The fraction of sp³-hybridized carbons (Fsp3) is 0.286. The molecular formula is C21H20N2O6. The van der Waals surface area contributed by atoms with Crippen LogP contribution in [-0.2, 0) is 14.3 Å². The normalized spacial score (nSPS) is 20.3. The zero-order valence-electron chi connectivity index (χ0n) is 16.0. The maximum absolute atomic E-state index is 13.0. The molecule has 0 unspecified atom stereocenters. The number of nitrogens with zero attached hydrogens (tertiary/aromatic N) is 1. The molecule has 1 fully saturated rings. The van der Waals surface area contributed by atoms with E-state index >= 15 is 0 Å². The predicted octanol–water partition coefficient (Wildman–Crippen LogP) is 2.50. The van der Waals surface area contributed by atoms with Gasteiger partial charge in [-0.2, -0.15) is 0 Å². The number of fused-ring (bicyclic) bond motifs is 1. The number of carbonyl (C=O) groups is 3. The highest BCUT2D eigenvalue weighted by molar-refractivity contribution is 6.00. The molecule has 1 saturated heterocycles. The van der Waals surface area contributed by atoms with Crippen LogP contribution in [0, 0.1) is 0 Å². The predicted molar refractivity (Wildman–Crippen MR) is 103 cm³/mol. The van der Waals surface area contributed by atoms with E-state index in [1.54, 1.807) is 42.5 Å². The van der Waals surface area contributed by atoms with Crippen molar-refractivity contribution in [2.45, 2.75) is 25.1 Å². The van der Waals surface area contributed by atoms with Crippen LogP contribution in [0.2, 0.25) is 0 Å². The average molecular weight is 396 g/mol. The van der Waals surface area contributed by atoms with Crippen LogP contribution >= 0.6 is 0 Å². The SMILES string of the molecule is COc1cc(NC(=O)[C@@H]2CCC(=O)N2[C@H]2OC(=O)c3ccccc32)cc(OC)c1. The molecule has 2 atom stereocenters. The minimum absolute atomic E-state index is 0.204. The number of benzene rings is 2. The number of anilines is 1. The maximum atomic E-state index is 13.0. The summed E-state index contributed by atoms with van der Waals surface area (Å²) in [4.78, 5) is 39.1. The summed E-state index contributed by atoms with van der Waals surface area (Å²) in [6.07, 6.45) is -0.359. The Kier molecular flexibility index (Phi) is 4.84. The van der Waals surface area contributed by atoms with Crippen molar-refractivity contribution in [2.24, 2.45) is 0 Å². The van der Waals surface area contributed by atoms with Crippen LogP contribution in [0.3, 0.4) is 0 Å². The van der Waals surface area contributed by atoms with Gasteiger partial charge in [-0.15, -0.1) is 0 Å². The Morgan fingerprint density at radius 1 is 1.10 bits per heavy atom. The molecule has 8 heteroatoms. The Balaban J connectivity index is 1.59. The molecule has 2 aromatic carbocycles. The second kappa shape index (κ2) is 7.46. The summed E-state index contributed by atoms with van der Waals surface area (Å²) in [5, 5.41) is 2.81. The van der Waals surface area contributed by atoms with E-state index in [1.165, 1.54) is 19.1 Å².